The third-order valence-corrected chi connectivity index (χ3v) is 3.18. The van der Waals surface area contributed by atoms with Gasteiger partial charge in [0.15, 0.2) is 5.78 Å². The molecule has 0 heterocycles. The molecule has 0 saturated heterocycles. The smallest absolute Gasteiger partial charge is 0.150 e. The highest BCUT2D eigenvalue weighted by atomic mass is 16.1. The van der Waals surface area contributed by atoms with Gasteiger partial charge in [-0.05, 0) is 36.0 Å². The fourth-order valence-electron chi connectivity index (χ4n) is 2.34. The van der Waals surface area contributed by atoms with Gasteiger partial charge in [0.05, 0.1) is 6.54 Å². The fourth-order valence-corrected chi connectivity index (χ4v) is 2.34. The Labute approximate surface area is 103 Å². The number of rotatable bonds is 6. The summed E-state index contributed by atoms with van der Waals surface area (Å²) in [5, 5.41) is 3.04. The number of fused-ring (bicyclic) bond motifs is 1. The van der Waals surface area contributed by atoms with E-state index >= 15 is 0 Å². The molecule has 0 aromatic heterocycles. The van der Waals surface area contributed by atoms with Gasteiger partial charge in [0, 0.05) is 13.0 Å². The monoisotopic (exact) mass is 229 g/mol. The minimum Gasteiger partial charge on any atom is -0.307 e. The quantitative estimate of drug-likeness (QED) is 0.597. The molecule has 1 aliphatic carbocycles. The first kappa shape index (κ1) is 12.1. The Hall–Kier alpha value is -1.41. The van der Waals surface area contributed by atoms with Crippen LogP contribution >= 0.6 is 0 Å². The number of Topliss-reactive ketones (excluding diaryl/α,β-unsaturated/α-hetero) is 1. The second-order valence-electron chi connectivity index (χ2n) is 4.59. The number of ketones is 1. The summed E-state index contributed by atoms with van der Waals surface area (Å²) in [5.41, 5.74) is 4.05. The predicted molar refractivity (Wildman–Crippen MR) is 70.2 cm³/mol. The molecule has 1 aromatic carbocycles. The molecule has 1 N–H and O–H groups in total. The summed E-state index contributed by atoms with van der Waals surface area (Å²) in [6.45, 7) is 4.73. The zero-order valence-corrected chi connectivity index (χ0v) is 10.2. The lowest BCUT2D eigenvalue weighted by Crippen LogP contribution is -2.24. The van der Waals surface area contributed by atoms with Crippen LogP contribution in [-0.4, -0.2) is 18.9 Å². The van der Waals surface area contributed by atoms with Crippen LogP contribution in [0.25, 0.3) is 0 Å². The summed E-state index contributed by atoms with van der Waals surface area (Å²) in [5.74, 6) is 0.241. The van der Waals surface area contributed by atoms with E-state index in [-0.39, 0.29) is 5.78 Å². The summed E-state index contributed by atoms with van der Waals surface area (Å²) >= 11 is 0. The SMILES string of the molecule is C=CCNCC(=O)Cc1ccc2c(c1)CCC2. The number of hydrogen-bond acceptors (Lipinski definition) is 2. The van der Waals surface area contributed by atoms with E-state index in [9.17, 15) is 4.79 Å². The lowest BCUT2D eigenvalue weighted by molar-refractivity contribution is -0.117. The Morgan fingerprint density at radius 2 is 2.18 bits per heavy atom. The first-order chi connectivity index (χ1) is 8.29. The number of hydrogen-bond donors (Lipinski definition) is 1. The van der Waals surface area contributed by atoms with Gasteiger partial charge < -0.3 is 5.32 Å². The minimum absolute atomic E-state index is 0.241. The number of aryl methyl sites for hydroxylation is 2. The van der Waals surface area contributed by atoms with Gasteiger partial charge in [-0.25, -0.2) is 0 Å². The van der Waals surface area contributed by atoms with Gasteiger partial charge in [-0.2, -0.15) is 0 Å². The van der Waals surface area contributed by atoms with Crippen molar-refractivity contribution in [1.82, 2.24) is 5.32 Å². The molecule has 0 saturated carbocycles. The van der Waals surface area contributed by atoms with Crippen molar-refractivity contribution >= 4 is 5.78 Å². The first-order valence-electron chi connectivity index (χ1n) is 6.23. The average Bonchev–Trinajstić information content (AvgIpc) is 2.76. The molecule has 2 heteroatoms. The van der Waals surface area contributed by atoms with Gasteiger partial charge in [0.2, 0.25) is 0 Å². The Kier molecular flexibility index (Phi) is 4.10. The maximum Gasteiger partial charge on any atom is 0.150 e. The Morgan fingerprint density at radius 3 is 3.00 bits per heavy atom. The first-order valence-corrected chi connectivity index (χ1v) is 6.23. The third kappa shape index (κ3) is 3.27. The van der Waals surface area contributed by atoms with Gasteiger partial charge in [-0.3, -0.25) is 4.79 Å². The molecule has 0 spiro atoms. The van der Waals surface area contributed by atoms with Gasteiger partial charge in [-0.1, -0.05) is 24.3 Å². The fraction of sp³-hybridized carbons (Fsp3) is 0.400. The van der Waals surface area contributed by atoms with Gasteiger partial charge in [0.1, 0.15) is 0 Å². The second-order valence-corrected chi connectivity index (χ2v) is 4.59. The largest absolute Gasteiger partial charge is 0.307 e. The molecule has 0 bridgehead atoms. The summed E-state index contributed by atoms with van der Waals surface area (Å²) in [4.78, 5) is 11.7. The minimum atomic E-state index is 0.241. The number of benzene rings is 1. The highest BCUT2D eigenvalue weighted by Crippen LogP contribution is 2.22. The van der Waals surface area contributed by atoms with Crippen LogP contribution in [0.15, 0.2) is 30.9 Å². The van der Waals surface area contributed by atoms with E-state index in [4.69, 9.17) is 0 Å². The highest BCUT2D eigenvalue weighted by molar-refractivity contribution is 5.82. The zero-order valence-electron chi connectivity index (χ0n) is 10.2. The van der Waals surface area contributed by atoms with Crippen LogP contribution in [-0.2, 0) is 24.1 Å². The highest BCUT2D eigenvalue weighted by Gasteiger charge is 2.11. The van der Waals surface area contributed by atoms with Crippen LogP contribution in [0, 0.1) is 0 Å². The van der Waals surface area contributed by atoms with E-state index in [1.807, 2.05) is 0 Å². The maximum atomic E-state index is 11.7. The van der Waals surface area contributed by atoms with Crippen molar-refractivity contribution in [2.75, 3.05) is 13.1 Å². The predicted octanol–water partition coefficient (Wildman–Crippen LogP) is 2.06. The van der Waals surface area contributed by atoms with E-state index in [2.05, 4.69) is 30.1 Å². The van der Waals surface area contributed by atoms with Crippen molar-refractivity contribution in [3.8, 4) is 0 Å². The van der Waals surface area contributed by atoms with Crippen molar-refractivity contribution in [2.45, 2.75) is 25.7 Å². The molecule has 0 amide bonds. The van der Waals surface area contributed by atoms with Crippen molar-refractivity contribution < 1.29 is 4.79 Å². The van der Waals surface area contributed by atoms with E-state index < -0.39 is 0 Å². The van der Waals surface area contributed by atoms with E-state index in [0.29, 0.717) is 19.5 Å². The number of nitrogens with one attached hydrogen (secondary N) is 1. The molecule has 2 nitrogen and oxygen atoms in total. The van der Waals surface area contributed by atoms with Crippen molar-refractivity contribution in [3.63, 3.8) is 0 Å². The number of carbonyl (C=O) groups excluding carboxylic acids is 1. The Balaban J connectivity index is 1.90. The molecule has 2 rings (SSSR count). The summed E-state index contributed by atoms with van der Waals surface area (Å²) in [6, 6.07) is 6.48. The summed E-state index contributed by atoms with van der Waals surface area (Å²) in [7, 11) is 0. The molecule has 0 fully saturated rings. The normalized spacial score (nSPS) is 13.4. The average molecular weight is 229 g/mol. The van der Waals surface area contributed by atoms with Crippen molar-refractivity contribution in [3.05, 3.63) is 47.5 Å². The van der Waals surface area contributed by atoms with Gasteiger partial charge >= 0.3 is 0 Å². The molecular weight excluding hydrogens is 210 g/mol. The second kappa shape index (κ2) is 5.78. The van der Waals surface area contributed by atoms with E-state index in [1.54, 1.807) is 6.08 Å². The topological polar surface area (TPSA) is 29.1 Å². The maximum absolute atomic E-state index is 11.7. The lowest BCUT2D eigenvalue weighted by atomic mass is 10.0. The Bertz CT molecular complexity index is 423. The molecule has 1 aliphatic rings. The summed E-state index contributed by atoms with van der Waals surface area (Å²) in [6.07, 6.45) is 5.93. The van der Waals surface area contributed by atoms with Crippen LogP contribution in [0.1, 0.15) is 23.1 Å². The molecule has 90 valence electrons. The van der Waals surface area contributed by atoms with Crippen LogP contribution in [0.2, 0.25) is 0 Å². The van der Waals surface area contributed by atoms with Gasteiger partial charge in [0.25, 0.3) is 0 Å². The molecule has 0 atom stereocenters. The van der Waals surface area contributed by atoms with E-state index in [0.717, 1.165) is 5.56 Å². The standard InChI is InChI=1S/C15H19NO/c1-2-8-16-11-15(17)10-12-6-7-13-4-3-5-14(13)9-12/h2,6-7,9,16H,1,3-5,8,10-11H2. The lowest BCUT2D eigenvalue weighted by Gasteiger charge is -2.05. The van der Waals surface area contributed by atoms with E-state index in [1.165, 1.54) is 30.4 Å². The Morgan fingerprint density at radius 1 is 1.35 bits per heavy atom. The van der Waals surface area contributed by atoms with Crippen LogP contribution in [0.3, 0.4) is 0 Å². The van der Waals surface area contributed by atoms with Crippen LogP contribution < -0.4 is 5.32 Å². The zero-order chi connectivity index (χ0) is 12.1. The molecular formula is C15H19NO. The molecule has 1 aromatic rings. The number of carbonyl (C=O) groups is 1. The van der Waals surface area contributed by atoms with Crippen LogP contribution in [0.4, 0.5) is 0 Å². The molecule has 0 radical (unpaired) electrons. The van der Waals surface area contributed by atoms with Crippen molar-refractivity contribution in [2.24, 2.45) is 0 Å². The molecule has 0 unspecified atom stereocenters. The van der Waals surface area contributed by atoms with Crippen molar-refractivity contribution in [1.29, 1.82) is 0 Å². The van der Waals surface area contributed by atoms with Gasteiger partial charge in [-0.15, -0.1) is 6.58 Å². The summed E-state index contributed by atoms with van der Waals surface area (Å²) < 4.78 is 0. The van der Waals surface area contributed by atoms with Crippen LogP contribution in [0.5, 0.6) is 0 Å². The molecule has 0 aliphatic heterocycles. The molecule has 17 heavy (non-hydrogen) atoms. The third-order valence-electron chi connectivity index (χ3n) is 3.18.